The summed E-state index contributed by atoms with van der Waals surface area (Å²) < 4.78 is 27.0. The quantitative estimate of drug-likeness (QED) is 0.716. The Morgan fingerprint density at radius 2 is 1.83 bits per heavy atom. The van der Waals surface area contributed by atoms with Gasteiger partial charge in [0.05, 0.1) is 0 Å². The Kier molecular flexibility index (Phi) is 5.35. The number of anilines is 1. The highest BCUT2D eigenvalue weighted by Crippen LogP contribution is 2.12. The monoisotopic (exact) mass is 334 g/mol. The molecule has 1 aromatic heterocycles. The summed E-state index contributed by atoms with van der Waals surface area (Å²) in [7, 11) is -3.58. The van der Waals surface area contributed by atoms with E-state index in [1.54, 1.807) is 6.07 Å². The lowest BCUT2D eigenvalue weighted by atomic mass is 10.1. The largest absolute Gasteiger partial charge is 0.368 e. The van der Waals surface area contributed by atoms with Gasteiger partial charge in [0.2, 0.25) is 10.0 Å². The van der Waals surface area contributed by atoms with E-state index in [1.807, 2.05) is 44.2 Å². The zero-order chi connectivity index (χ0) is 16.9. The SMILES string of the molecule is CC(C)(N)CNc1ccc(S(=O)(=O)NCc2ccccc2)cn1. The Morgan fingerprint density at radius 1 is 1.13 bits per heavy atom. The molecule has 0 amide bonds. The summed E-state index contributed by atoms with van der Waals surface area (Å²) in [6, 6.07) is 12.5. The molecule has 0 bridgehead atoms. The molecule has 1 aromatic carbocycles. The van der Waals surface area contributed by atoms with Gasteiger partial charge in [-0.15, -0.1) is 0 Å². The van der Waals surface area contributed by atoms with Gasteiger partial charge in [0.25, 0.3) is 0 Å². The van der Waals surface area contributed by atoms with E-state index < -0.39 is 10.0 Å². The van der Waals surface area contributed by atoms with Crippen molar-refractivity contribution in [3.63, 3.8) is 0 Å². The molecule has 0 fully saturated rings. The van der Waals surface area contributed by atoms with Gasteiger partial charge in [-0.3, -0.25) is 0 Å². The van der Waals surface area contributed by atoms with Gasteiger partial charge in [-0.2, -0.15) is 0 Å². The predicted octanol–water partition coefficient (Wildman–Crippen LogP) is 1.71. The van der Waals surface area contributed by atoms with Crippen molar-refractivity contribution in [2.24, 2.45) is 5.73 Å². The molecule has 0 spiro atoms. The highest BCUT2D eigenvalue weighted by atomic mass is 32.2. The van der Waals surface area contributed by atoms with E-state index in [9.17, 15) is 8.42 Å². The Labute approximate surface area is 137 Å². The van der Waals surface area contributed by atoms with Crippen LogP contribution < -0.4 is 15.8 Å². The second kappa shape index (κ2) is 7.08. The third-order valence-electron chi connectivity index (χ3n) is 3.08. The number of rotatable bonds is 7. The molecule has 124 valence electrons. The fourth-order valence-electron chi connectivity index (χ4n) is 1.82. The lowest BCUT2D eigenvalue weighted by Gasteiger charge is -2.19. The van der Waals surface area contributed by atoms with Crippen molar-refractivity contribution in [2.75, 3.05) is 11.9 Å². The molecule has 0 aliphatic heterocycles. The van der Waals surface area contributed by atoms with Crippen molar-refractivity contribution in [2.45, 2.75) is 30.8 Å². The highest BCUT2D eigenvalue weighted by Gasteiger charge is 2.15. The summed E-state index contributed by atoms with van der Waals surface area (Å²) in [5, 5.41) is 3.07. The van der Waals surface area contributed by atoms with E-state index in [1.165, 1.54) is 12.3 Å². The molecule has 2 rings (SSSR count). The van der Waals surface area contributed by atoms with Crippen molar-refractivity contribution in [3.05, 3.63) is 54.2 Å². The number of sulfonamides is 1. The van der Waals surface area contributed by atoms with Crippen LogP contribution in [0, 0.1) is 0 Å². The van der Waals surface area contributed by atoms with Crippen molar-refractivity contribution in [1.82, 2.24) is 9.71 Å². The fraction of sp³-hybridized carbons (Fsp3) is 0.312. The lowest BCUT2D eigenvalue weighted by Crippen LogP contribution is -2.39. The molecule has 0 aliphatic rings. The molecule has 1 heterocycles. The third kappa shape index (κ3) is 5.63. The van der Waals surface area contributed by atoms with Crippen molar-refractivity contribution >= 4 is 15.8 Å². The minimum atomic E-state index is -3.58. The first-order valence-electron chi connectivity index (χ1n) is 7.29. The second-order valence-corrected chi connectivity index (χ2v) is 7.80. The molecule has 0 saturated carbocycles. The van der Waals surface area contributed by atoms with E-state index in [0.717, 1.165) is 5.56 Å². The highest BCUT2D eigenvalue weighted by molar-refractivity contribution is 7.89. The van der Waals surface area contributed by atoms with Gasteiger partial charge >= 0.3 is 0 Å². The van der Waals surface area contributed by atoms with Crippen LogP contribution in [0.3, 0.4) is 0 Å². The average Bonchev–Trinajstić information content (AvgIpc) is 2.52. The van der Waals surface area contributed by atoms with Crippen LogP contribution in [0.5, 0.6) is 0 Å². The van der Waals surface area contributed by atoms with Crippen LogP contribution in [0.1, 0.15) is 19.4 Å². The molecule has 0 saturated heterocycles. The fourth-order valence-corrected chi connectivity index (χ4v) is 2.78. The van der Waals surface area contributed by atoms with Crippen LogP contribution in [-0.4, -0.2) is 25.5 Å². The number of pyridine rings is 1. The summed E-state index contributed by atoms with van der Waals surface area (Å²) in [4.78, 5) is 4.25. The molecular weight excluding hydrogens is 312 g/mol. The minimum absolute atomic E-state index is 0.131. The third-order valence-corrected chi connectivity index (χ3v) is 4.47. The maximum Gasteiger partial charge on any atom is 0.242 e. The number of benzene rings is 1. The molecule has 0 radical (unpaired) electrons. The lowest BCUT2D eigenvalue weighted by molar-refractivity contribution is 0.548. The molecular formula is C16H22N4O2S. The number of hydrogen-bond donors (Lipinski definition) is 3. The van der Waals surface area contributed by atoms with Crippen LogP contribution in [-0.2, 0) is 16.6 Å². The molecule has 6 nitrogen and oxygen atoms in total. The molecule has 7 heteroatoms. The first-order chi connectivity index (χ1) is 10.8. The van der Waals surface area contributed by atoms with Crippen molar-refractivity contribution < 1.29 is 8.42 Å². The molecule has 0 unspecified atom stereocenters. The van der Waals surface area contributed by atoms with E-state index in [-0.39, 0.29) is 17.0 Å². The zero-order valence-corrected chi connectivity index (χ0v) is 14.1. The van der Waals surface area contributed by atoms with Crippen LogP contribution in [0.2, 0.25) is 0 Å². The topological polar surface area (TPSA) is 97.1 Å². The van der Waals surface area contributed by atoms with Gasteiger partial charge < -0.3 is 11.1 Å². The molecule has 0 atom stereocenters. The van der Waals surface area contributed by atoms with Crippen LogP contribution in [0.15, 0.2) is 53.6 Å². The van der Waals surface area contributed by atoms with Gasteiger partial charge in [-0.25, -0.2) is 18.1 Å². The zero-order valence-electron chi connectivity index (χ0n) is 13.3. The molecule has 23 heavy (non-hydrogen) atoms. The first kappa shape index (κ1) is 17.4. The average molecular weight is 334 g/mol. The standard InChI is InChI=1S/C16H22N4O2S/c1-16(2,17)12-19-15-9-8-14(11-18-15)23(21,22)20-10-13-6-4-3-5-7-13/h3-9,11,20H,10,12,17H2,1-2H3,(H,18,19). The number of nitrogens with one attached hydrogen (secondary N) is 2. The van der Waals surface area contributed by atoms with E-state index >= 15 is 0 Å². The molecule has 0 aliphatic carbocycles. The Hall–Kier alpha value is -1.96. The molecule has 2 aromatic rings. The number of hydrogen-bond acceptors (Lipinski definition) is 5. The molecule has 4 N–H and O–H groups in total. The smallest absolute Gasteiger partial charge is 0.242 e. The van der Waals surface area contributed by atoms with E-state index in [0.29, 0.717) is 12.4 Å². The predicted molar refractivity (Wildman–Crippen MR) is 91.5 cm³/mol. The van der Waals surface area contributed by atoms with Gasteiger partial charge in [0, 0.05) is 24.8 Å². The number of aromatic nitrogens is 1. The Morgan fingerprint density at radius 3 is 2.39 bits per heavy atom. The Balaban J connectivity index is 2.00. The van der Waals surface area contributed by atoms with Gasteiger partial charge in [0.1, 0.15) is 10.7 Å². The summed E-state index contributed by atoms with van der Waals surface area (Å²) in [6.45, 7) is 4.57. The van der Waals surface area contributed by atoms with Gasteiger partial charge in [0.15, 0.2) is 0 Å². The van der Waals surface area contributed by atoms with Crippen molar-refractivity contribution in [1.29, 1.82) is 0 Å². The van der Waals surface area contributed by atoms with Crippen LogP contribution >= 0.6 is 0 Å². The second-order valence-electron chi connectivity index (χ2n) is 6.03. The number of nitrogens with zero attached hydrogens (tertiary/aromatic N) is 1. The van der Waals surface area contributed by atoms with Crippen LogP contribution in [0.4, 0.5) is 5.82 Å². The number of nitrogens with two attached hydrogens (primary N) is 1. The van der Waals surface area contributed by atoms with Gasteiger partial charge in [-0.05, 0) is 31.5 Å². The Bertz CT molecular complexity index is 723. The van der Waals surface area contributed by atoms with E-state index in [2.05, 4.69) is 15.0 Å². The maximum absolute atomic E-state index is 12.2. The summed E-state index contributed by atoms with van der Waals surface area (Å²) >= 11 is 0. The maximum atomic E-state index is 12.2. The van der Waals surface area contributed by atoms with E-state index in [4.69, 9.17) is 5.73 Å². The van der Waals surface area contributed by atoms with Crippen LogP contribution in [0.25, 0.3) is 0 Å². The first-order valence-corrected chi connectivity index (χ1v) is 8.77. The minimum Gasteiger partial charge on any atom is -0.368 e. The van der Waals surface area contributed by atoms with Crippen molar-refractivity contribution in [3.8, 4) is 0 Å². The summed E-state index contributed by atoms with van der Waals surface area (Å²) in [6.07, 6.45) is 1.33. The van der Waals surface area contributed by atoms with Gasteiger partial charge in [-0.1, -0.05) is 30.3 Å². The summed E-state index contributed by atoms with van der Waals surface area (Å²) in [5.74, 6) is 0.588. The normalized spacial score (nSPS) is 12.1. The summed E-state index contributed by atoms with van der Waals surface area (Å²) in [5.41, 5.74) is 6.41.